The van der Waals surface area contributed by atoms with Crippen LogP contribution in [0.25, 0.3) is 0 Å². The second kappa shape index (κ2) is 21.7. The predicted octanol–water partition coefficient (Wildman–Crippen LogP) is 5.41. The van der Waals surface area contributed by atoms with Gasteiger partial charge in [0.15, 0.2) is 5.34 Å². The summed E-state index contributed by atoms with van der Waals surface area (Å²) in [7, 11) is 3.88. The first kappa shape index (κ1) is 39.1. The molecule has 17 heteroatoms. The van der Waals surface area contributed by atoms with Gasteiger partial charge in [0.25, 0.3) is 17.8 Å². The second-order valence-corrected chi connectivity index (χ2v) is 8.25. The number of aromatic hydroxyl groups is 1. The molecule has 4 N–H and O–H groups in total. The number of nitro benzene ring substituents is 2. The van der Waals surface area contributed by atoms with Crippen molar-refractivity contribution in [3.63, 3.8) is 0 Å². The Labute approximate surface area is 260 Å². The number of anilines is 1. The number of carboxylic acid groups (broad SMARTS) is 2. The zero-order chi connectivity index (χ0) is 35.1. The maximum absolute atomic E-state index is 10.4. The Morgan fingerprint density at radius 3 is 1.65 bits per heavy atom. The molecule has 0 spiro atoms. The van der Waals surface area contributed by atoms with Crippen LogP contribution in [0, 0.1) is 25.1 Å². The van der Waals surface area contributed by atoms with Gasteiger partial charge in [0.2, 0.25) is 0 Å². The number of hydrogen-bond acceptors (Lipinski definition) is 12. The minimum absolute atomic E-state index is 0.0794. The quantitative estimate of drug-likeness (QED) is 0.0852. The van der Waals surface area contributed by atoms with Gasteiger partial charge in [-0.1, -0.05) is 36.4 Å². The lowest BCUT2D eigenvalue weighted by Gasteiger charge is -2.11. The molecule has 4 aromatic rings. The third-order valence-corrected chi connectivity index (χ3v) is 4.88. The number of phenolic OH excluding ortho intramolecular Hbond substituents is 1. The van der Waals surface area contributed by atoms with E-state index >= 15 is 0 Å². The number of nitro groups is 2. The number of rotatable bonds is 7. The number of ether oxygens (including phenoxy) is 1. The molecule has 0 heterocycles. The van der Waals surface area contributed by atoms with Crippen molar-refractivity contribution in [1.82, 2.24) is 0 Å². The second-order valence-electron chi connectivity index (χ2n) is 8.25. The summed E-state index contributed by atoms with van der Waals surface area (Å²) < 4.78 is 4.41. The first-order valence-electron chi connectivity index (χ1n) is 12.3. The monoisotopic (exact) mass is 640 g/mol. The van der Waals surface area contributed by atoms with Crippen LogP contribution < -0.4 is 9.64 Å². The number of nitrogens with zero attached hydrogens (tertiary/aromatic N) is 4. The third kappa shape index (κ3) is 16.5. The first-order chi connectivity index (χ1) is 21.8. The molecule has 46 heavy (non-hydrogen) atoms. The number of carboxylic acids is 2. The van der Waals surface area contributed by atoms with E-state index in [1.165, 1.54) is 47.8 Å². The Morgan fingerprint density at radius 2 is 1.24 bits per heavy atom. The van der Waals surface area contributed by atoms with Crippen molar-refractivity contribution < 1.29 is 49.5 Å². The lowest BCUT2D eigenvalue weighted by molar-refractivity contribution is -0.385. The summed E-state index contributed by atoms with van der Waals surface area (Å²) in [6.07, 6.45) is 0. The molecule has 0 aliphatic carbocycles. The number of carbonyl (C=O) groups is 3. The summed E-state index contributed by atoms with van der Waals surface area (Å²) in [6.45, 7) is 0.221. The summed E-state index contributed by atoms with van der Waals surface area (Å²) in [5, 5.41) is 54.2. The topological polar surface area (TPSA) is 260 Å². The van der Waals surface area contributed by atoms with Crippen molar-refractivity contribution in [1.29, 1.82) is 0 Å². The van der Waals surface area contributed by atoms with E-state index in [-0.39, 0.29) is 29.2 Å². The van der Waals surface area contributed by atoms with Crippen molar-refractivity contribution in [3.05, 3.63) is 139 Å². The van der Waals surface area contributed by atoms with Crippen LogP contribution in [-0.4, -0.2) is 62.9 Å². The zero-order valence-electron chi connectivity index (χ0n) is 24.1. The van der Waals surface area contributed by atoms with E-state index in [1.807, 2.05) is 31.1 Å². The summed E-state index contributed by atoms with van der Waals surface area (Å²) in [6, 6.07) is 25.7. The fourth-order valence-corrected chi connectivity index (χ4v) is 2.83. The molecule has 17 nitrogen and oxygen atoms in total. The summed E-state index contributed by atoms with van der Waals surface area (Å²) >= 11 is 0. The van der Waals surface area contributed by atoms with Crippen molar-refractivity contribution in [2.45, 2.75) is 0 Å². The molecule has 0 aliphatic rings. The van der Waals surface area contributed by atoms with E-state index in [1.54, 1.807) is 42.5 Å². The molecule has 0 unspecified atom stereocenters. The van der Waals surface area contributed by atoms with Crippen LogP contribution in [0.3, 0.4) is 0 Å². The fourth-order valence-electron chi connectivity index (χ4n) is 2.83. The lowest BCUT2D eigenvalue weighted by atomic mass is 10.2. The molecular weight excluding hydrogens is 612 g/mol. The van der Waals surface area contributed by atoms with E-state index in [4.69, 9.17) is 25.4 Å². The maximum Gasteiger partial charge on any atom is 0.335 e. The van der Waals surface area contributed by atoms with E-state index in [0.29, 0.717) is 11.3 Å². The highest BCUT2D eigenvalue weighted by atomic mass is 16.6. The fraction of sp³-hybridized carbons (Fsp3) is 0.0690. The first-order valence-corrected chi connectivity index (χ1v) is 12.3. The van der Waals surface area contributed by atoms with Crippen LogP contribution in [-0.2, 0) is 4.79 Å². The highest BCUT2D eigenvalue weighted by Gasteiger charge is 2.09. The van der Waals surface area contributed by atoms with Gasteiger partial charge >= 0.3 is 11.9 Å². The average molecular weight is 641 g/mol. The zero-order valence-corrected chi connectivity index (χ0v) is 24.1. The van der Waals surface area contributed by atoms with Gasteiger partial charge in [-0.05, 0) is 36.4 Å². The summed E-state index contributed by atoms with van der Waals surface area (Å²) in [4.78, 5) is 59.7. The molecule has 0 aliphatic heterocycles. The van der Waals surface area contributed by atoms with E-state index < -0.39 is 21.8 Å². The number of hydrogen-bond donors (Lipinski definition) is 4. The van der Waals surface area contributed by atoms with Gasteiger partial charge in [0.1, 0.15) is 11.5 Å². The molecule has 0 radical (unpaired) electrons. The molecule has 242 valence electrons. The Morgan fingerprint density at radius 1 is 0.761 bits per heavy atom. The number of carbonyl (C=O) groups excluding carboxylic acids is 1. The van der Waals surface area contributed by atoms with Gasteiger partial charge in [0, 0.05) is 44.0 Å². The van der Waals surface area contributed by atoms with Gasteiger partial charge in [-0.3, -0.25) is 25.0 Å². The van der Waals surface area contributed by atoms with Crippen LogP contribution in [0.5, 0.6) is 11.5 Å². The van der Waals surface area contributed by atoms with Crippen LogP contribution >= 0.6 is 0 Å². The molecule has 0 amide bonds. The van der Waals surface area contributed by atoms with Gasteiger partial charge in [-0.15, -0.1) is 4.91 Å². The van der Waals surface area contributed by atoms with Crippen molar-refractivity contribution in [2.75, 3.05) is 19.0 Å². The molecule has 4 aromatic carbocycles. The van der Waals surface area contributed by atoms with Crippen LogP contribution in [0.4, 0.5) is 17.1 Å². The SMILES string of the molecule is CN(C)c1cccc(O)c1.O=C(O)c1cccc([N+](=O)[O-])c1.O=C(O)c1ccccc1.O=COc1cccc([N+](=O)[O-])c1.O=NO. The standard InChI is InChI=1S/C8H11NO.2C7H5NO4.C7H6O2.HNO2/c1-9(2)7-4-3-5-8(10)6-7;9-5-12-7-3-1-2-6(4-7)8(10)11;9-7(10)5-2-1-3-6(4-5)8(11)12;8-7(9)6-4-2-1-3-5-6;2-1-3/h3-6,10H,1-2H3;1-5H;1-4H,(H,9,10);1-5H,(H,8,9);(H,2,3). The summed E-state index contributed by atoms with van der Waals surface area (Å²) in [5.41, 5.74) is 0.950. The highest BCUT2D eigenvalue weighted by Crippen LogP contribution is 2.18. The molecule has 0 saturated carbocycles. The van der Waals surface area contributed by atoms with Gasteiger partial charge in [-0.2, -0.15) is 0 Å². The largest absolute Gasteiger partial charge is 0.508 e. The van der Waals surface area contributed by atoms with Crippen molar-refractivity contribution in [3.8, 4) is 11.5 Å². The minimum atomic E-state index is -1.17. The lowest BCUT2D eigenvalue weighted by Crippen LogP contribution is -2.07. The van der Waals surface area contributed by atoms with Crippen LogP contribution in [0.1, 0.15) is 20.7 Å². The maximum atomic E-state index is 10.4. The van der Waals surface area contributed by atoms with Crippen molar-refractivity contribution >= 4 is 35.5 Å². The highest BCUT2D eigenvalue weighted by molar-refractivity contribution is 5.88. The molecule has 0 bridgehead atoms. The number of non-ortho nitro benzene ring substituents is 2. The molecular formula is C29H28N4O13. The summed E-state index contributed by atoms with van der Waals surface area (Å²) in [5.74, 6) is -1.57. The third-order valence-electron chi connectivity index (χ3n) is 4.88. The molecule has 0 atom stereocenters. The van der Waals surface area contributed by atoms with Gasteiger partial charge in [0.05, 0.1) is 27.0 Å². The molecule has 0 aromatic heterocycles. The van der Waals surface area contributed by atoms with E-state index in [2.05, 4.69) is 4.74 Å². The number of aromatic carboxylic acids is 2. The van der Waals surface area contributed by atoms with E-state index in [0.717, 1.165) is 11.8 Å². The normalized spacial score (nSPS) is 8.83. The predicted molar refractivity (Wildman–Crippen MR) is 163 cm³/mol. The van der Waals surface area contributed by atoms with Crippen molar-refractivity contribution in [2.24, 2.45) is 5.34 Å². The smallest absolute Gasteiger partial charge is 0.335 e. The van der Waals surface area contributed by atoms with Crippen LogP contribution in [0.2, 0.25) is 0 Å². The van der Waals surface area contributed by atoms with E-state index in [9.17, 15) is 34.6 Å². The Balaban J connectivity index is 0.000000573. The van der Waals surface area contributed by atoms with Gasteiger partial charge in [-0.25, -0.2) is 9.59 Å². The Kier molecular flexibility index (Phi) is 18.5. The number of phenols is 1. The van der Waals surface area contributed by atoms with Gasteiger partial charge < -0.3 is 30.2 Å². The minimum Gasteiger partial charge on any atom is -0.508 e. The molecule has 0 saturated heterocycles. The molecule has 4 rings (SSSR count). The average Bonchev–Trinajstić information content (AvgIpc) is 3.03. The Bertz CT molecular complexity index is 1550. The Hall–Kier alpha value is -6.91. The van der Waals surface area contributed by atoms with Crippen LogP contribution in [0.15, 0.2) is 108 Å². The molecule has 0 fully saturated rings. The number of benzene rings is 4.